The van der Waals surface area contributed by atoms with E-state index in [0.29, 0.717) is 18.5 Å². The Labute approximate surface area is 135 Å². The molecule has 2 bridgehead atoms. The van der Waals surface area contributed by atoms with Gasteiger partial charge in [0.25, 0.3) is 0 Å². The van der Waals surface area contributed by atoms with E-state index in [1.165, 1.54) is 0 Å². The highest BCUT2D eigenvalue weighted by Gasteiger charge is 2.68. The molecule has 1 aromatic rings. The second-order valence-corrected chi connectivity index (χ2v) is 6.74. The molecule has 1 aromatic carbocycles. The van der Waals surface area contributed by atoms with Gasteiger partial charge in [-0.25, -0.2) is 0 Å². The Morgan fingerprint density at radius 2 is 2.09 bits per heavy atom. The Morgan fingerprint density at radius 1 is 1.39 bits per heavy atom. The molecule has 1 saturated carbocycles. The Hall–Kier alpha value is -2.36. The number of anilines is 1. The monoisotopic (exact) mass is 311 g/mol. The van der Waals surface area contributed by atoms with Crippen LogP contribution in [0, 0.1) is 22.7 Å². The number of rotatable bonds is 5. The molecule has 2 N–H and O–H groups in total. The summed E-state index contributed by atoms with van der Waals surface area (Å²) in [6.07, 6.45) is 6.68. The highest BCUT2D eigenvalue weighted by Crippen LogP contribution is 2.65. The molecule has 4 atom stereocenters. The molecule has 0 heterocycles. The number of benzene rings is 1. The van der Waals surface area contributed by atoms with Crippen molar-refractivity contribution in [1.82, 2.24) is 0 Å². The van der Waals surface area contributed by atoms with Crippen LogP contribution in [0.2, 0.25) is 0 Å². The van der Waals surface area contributed by atoms with Gasteiger partial charge in [0, 0.05) is 11.1 Å². The number of hydrogen-bond donors (Lipinski definition) is 2. The number of carboxylic acid groups (broad SMARTS) is 1. The van der Waals surface area contributed by atoms with E-state index in [2.05, 4.69) is 11.9 Å². The number of para-hydroxylation sites is 1. The van der Waals surface area contributed by atoms with E-state index in [1.807, 2.05) is 37.3 Å². The standard InChI is InChI=1S/C19H21NO3/c1-3-10-19(17(23)20-14-7-5-4-6-8-14)15(16(21)22)13-9-11-18(19,2)12-13/h3-9,11,13,15H,1,10,12H2,2H3,(H,20,23)(H,21,22). The van der Waals surface area contributed by atoms with E-state index in [0.717, 1.165) is 0 Å². The Morgan fingerprint density at radius 3 is 2.70 bits per heavy atom. The summed E-state index contributed by atoms with van der Waals surface area (Å²) < 4.78 is 0. The molecule has 4 nitrogen and oxygen atoms in total. The fourth-order valence-corrected chi connectivity index (χ4v) is 4.48. The molecule has 4 unspecified atom stereocenters. The molecular formula is C19H21NO3. The largest absolute Gasteiger partial charge is 0.481 e. The van der Waals surface area contributed by atoms with E-state index >= 15 is 0 Å². The normalized spacial score (nSPS) is 34.3. The number of allylic oxidation sites excluding steroid dienone is 3. The smallest absolute Gasteiger partial charge is 0.308 e. The number of fused-ring (bicyclic) bond motifs is 2. The second-order valence-electron chi connectivity index (χ2n) is 6.74. The van der Waals surface area contributed by atoms with Gasteiger partial charge in [-0.2, -0.15) is 0 Å². The van der Waals surface area contributed by atoms with Crippen LogP contribution in [0.25, 0.3) is 0 Å². The van der Waals surface area contributed by atoms with Crippen LogP contribution in [0.3, 0.4) is 0 Å². The minimum absolute atomic E-state index is 0.0982. The lowest BCUT2D eigenvalue weighted by Crippen LogP contribution is -2.52. The zero-order chi connectivity index (χ0) is 16.7. The molecule has 0 radical (unpaired) electrons. The average Bonchev–Trinajstić information content (AvgIpc) is 3.01. The van der Waals surface area contributed by atoms with Gasteiger partial charge in [-0.05, 0) is 30.9 Å². The van der Waals surface area contributed by atoms with Gasteiger partial charge in [0.2, 0.25) is 5.91 Å². The molecule has 0 aliphatic heterocycles. The first kappa shape index (κ1) is 15.5. The topological polar surface area (TPSA) is 66.4 Å². The summed E-state index contributed by atoms with van der Waals surface area (Å²) in [5.74, 6) is -1.96. The van der Waals surface area contributed by atoms with Crippen LogP contribution in [0.1, 0.15) is 19.8 Å². The van der Waals surface area contributed by atoms with Crippen molar-refractivity contribution in [1.29, 1.82) is 0 Å². The molecule has 0 aromatic heterocycles. The van der Waals surface area contributed by atoms with E-state index in [-0.39, 0.29) is 11.8 Å². The third-order valence-electron chi connectivity index (χ3n) is 5.52. The highest BCUT2D eigenvalue weighted by molar-refractivity contribution is 6.00. The molecule has 4 heteroatoms. The van der Waals surface area contributed by atoms with Gasteiger partial charge in [0.05, 0.1) is 11.3 Å². The molecule has 0 spiro atoms. The second kappa shape index (κ2) is 5.37. The van der Waals surface area contributed by atoms with Crippen LogP contribution in [-0.4, -0.2) is 17.0 Å². The summed E-state index contributed by atoms with van der Waals surface area (Å²) >= 11 is 0. The Kier molecular flexibility index (Phi) is 3.63. The van der Waals surface area contributed by atoms with Crippen molar-refractivity contribution in [3.05, 3.63) is 55.1 Å². The maximum Gasteiger partial charge on any atom is 0.308 e. The summed E-state index contributed by atoms with van der Waals surface area (Å²) in [5, 5.41) is 12.7. The van der Waals surface area contributed by atoms with Crippen LogP contribution in [0.4, 0.5) is 5.69 Å². The van der Waals surface area contributed by atoms with Crippen LogP contribution < -0.4 is 5.32 Å². The predicted molar refractivity (Wildman–Crippen MR) is 88.8 cm³/mol. The average molecular weight is 311 g/mol. The number of hydrogen-bond acceptors (Lipinski definition) is 2. The summed E-state index contributed by atoms with van der Waals surface area (Å²) in [4.78, 5) is 25.1. The van der Waals surface area contributed by atoms with Crippen molar-refractivity contribution < 1.29 is 14.7 Å². The zero-order valence-corrected chi connectivity index (χ0v) is 13.2. The van der Waals surface area contributed by atoms with Crippen molar-refractivity contribution in [2.75, 3.05) is 5.32 Å². The summed E-state index contributed by atoms with van der Waals surface area (Å²) in [6, 6.07) is 9.16. The molecular weight excluding hydrogens is 290 g/mol. The lowest BCUT2D eigenvalue weighted by Gasteiger charge is -2.43. The Balaban J connectivity index is 2.04. The van der Waals surface area contributed by atoms with Gasteiger partial charge in [0.1, 0.15) is 0 Å². The molecule has 2 aliphatic carbocycles. The number of carbonyl (C=O) groups excluding carboxylic acids is 1. The van der Waals surface area contributed by atoms with E-state index < -0.39 is 22.7 Å². The number of nitrogens with one attached hydrogen (secondary N) is 1. The van der Waals surface area contributed by atoms with Crippen molar-refractivity contribution in [3.8, 4) is 0 Å². The first-order valence-electron chi connectivity index (χ1n) is 7.84. The first-order chi connectivity index (χ1) is 10.9. The molecule has 1 fully saturated rings. The molecule has 0 saturated heterocycles. The van der Waals surface area contributed by atoms with Crippen LogP contribution in [0.15, 0.2) is 55.1 Å². The minimum atomic E-state index is -1.00. The highest BCUT2D eigenvalue weighted by atomic mass is 16.4. The molecule has 23 heavy (non-hydrogen) atoms. The number of carbonyl (C=O) groups is 2. The van der Waals surface area contributed by atoms with Gasteiger partial charge in [0.15, 0.2) is 0 Å². The fraction of sp³-hybridized carbons (Fsp3) is 0.368. The van der Waals surface area contributed by atoms with E-state index in [9.17, 15) is 14.7 Å². The van der Waals surface area contributed by atoms with E-state index in [4.69, 9.17) is 0 Å². The summed E-state index contributed by atoms with van der Waals surface area (Å²) in [5.41, 5.74) is -0.788. The van der Waals surface area contributed by atoms with Gasteiger partial charge in [-0.3, -0.25) is 9.59 Å². The fourth-order valence-electron chi connectivity index (χ4n) is 4.48. The third-order valence-corrected chi connectivity index (χ3v) is 5.52. The van der Waals surface area contributed by atoms with Crippen LogP contribution in [0.5, 0.6) is 0 Å². The predicted octanol–water partition coefficient (Wildman–Crippen LogP) is 3.48. The molecule has 1 amide bonds. The number of aliphatic carboxylic acids is 1. The summed E-state index contributed by atoms with van der Waals surface area (Å²) in [6.45, 7) is 5.76. The molecule has 120 valence electrons. The lowest BCUT2D eigenvalue weighted by molar-refractivity contribution is -0.154. The Bertz CT molecular complexity index is 681. The number of carboxylic acids is 1. The third kappa shape index (κ3) is 2.12. The van der Waals surface area contributed by atoms with Crippen molar-refractivity contribution in [2.24, 2.45) is 22.7 Å². The number of amides is 1. The minimum Gasteiger partial charge on any atom is -0.481 e. The SMILES string of the molecule is C=CCC1(C(=O)Nc2ccccc2)C(C(=O)O)C2C=CC1(C)C2. The lowest BCUT2D eigenvalue weighted by atomic mass is 9.58. The van der Waals surface area contributed by atoms with Crippen molar-refractivity contribution in [3.63, 3.8) is 0 Å². The maximum absolute atomic E-state index is 13.2. The van der Waals surface area contributed by atoms with Crippen molar-refractivity contribution >= 4 is 17.6 Å². The molecule has 3 rings (SSSR count). The van der Waals surface area contributed by atoms with Crippen LogP contribution >= 0.6 is 0 Å². The first-order valence-corrected chi connectivity index (χ1v) is 7.84. The summed E-state index contributed by atoms with van der Waals surface area (Å²) in [7, 11) is 0. The van der Waals surface area contributed by atoms with Gasteiger partial charge >= 0.3 is 5.97 Å². The van der Waals surface area contributed by atoms with Gasteiger partial charge in [-0.15, -0.1) is 6.58 Å². The zero-order valence-electron chi connectivity index (χ0n) is 13.2. The van der Waals surface area contributed by atoms with E-state index in [1.54, 1.807) is 18.2 Å². The quantitative estimate of drug-likeness (QED) is 0.818. The van der Waals surface area contributed by atoms with Crippen molar-refractivity contribution in [2.45, 2.75) is 19.8 Å². The van der Waals surface area contributed by atoms with Gasteiger partial charge in [-0.1, -0.05) is 43.4 Å². The maximum atomic E-state index is 13.2. The van der Waals surface area contributed by atoms with Gasteiger partial charge < -0.3 is 10.4 Å². The molecule has 2 aliphatic rings. The van der Waals surface area contributed by atoms with Crippen LogP contribution in [-0.2, 0) is 9.59 Å².